The molecule has 0 bridgehead atoms. The standard InChI is InChI=1S/C13H12N2O6/c1-19-9-6-10(20-2)15-13(14-9)21-8-5-3-4-7(11(8)16)12(17)18/h3-6,16H,1-2H3,(H,17,18). The summed E-state index contributed by atoms with van der Waals surface area (Å²) in [6.07, 6.45) is 0. The molecule has 2 N–H and O–H groups in total. The number of ether oxygens (including phenoxy) is 3. The van der Waals surface area contributed by atoms with Gasteiger partial charge in [-0.3, -0.25) is 0 Å². The summed E-state index contributed by atoms with van der Waals surface area (Å²) in [5.41, 5.74) is -0.289. The first-order chi connectivity index (χ1) is 10.0. The fourth-order valence-electron chi connectivity index (χ4n) is 1.51. The van der Waals surface area contributed by atoms with Crippen molar-refractivity contribution < 1.29 is 29.2 Å². The normalized spacial score (nSPS) is 10.0. The summed E-state index contributed by atoms with van der Waals surface area (Å²) < 4.78 is 15.2. The maximum Gasteiger partial charge on any atom is 0.339 e. The van der Waals surface area contributed by atoms with Crippen LogP contribution in [0.3, 0.4) is 0 Å². The largest absolute Gasteiger partial charge is 0.504 e. The fraction of sp³-hybridized carbons (Fsp3) is 0.154. The van der Waals surface area contributed by atoms with Gasteiger partial charge >= 0.3 is 12.0 Å². The Morgan fingerprint density at radius 1 is 1.14 bits per heavy atom. The van der Waals surface area contributed by atoms with Crippen molar-refractivity contribution in [3.63, 3.8) is 0 Å². The lowest BCUT2D eigenvalue weighted by Gasteiger charge is -2.09. The molecule has 0 radical (unpaired) electrons. The quantitative estimate of drug-likeness (QED) is 0.856. The molecule has 0 atom stereocenters. The smallest absolute Gasteiger partial charge is 0.339 e. The highest BCUT2D eigenvalue weighted by atomic mass is 16.5. The summed E-state index contributed by atoms with van der Waals surface area (Å²) >= 11 is 0. The second-order valence-electron chi connectivity index (χ2n) is 3.79. The van der Waals surface area contributed by atoms with E-state index in [1.807, 2.05) is 0 Å². The Bertz CT molecular complexity index is 651. The van der Waals surface area contributed by atoms with E-state index in [0.29, 0.717) is 0 Å². The van der Waals surface area contributed by atoms with E-state index in [9.17, 15) is 9.90 Å². The van der Waals surface area contributed by atoms with E-state index in [4.69, 9.17) is 19.3 Å². The number of aromatic carboxylic acids is 1. The Morgan fingerprint density at radius 2 is 1.76 bits per heavy atom. The van der Waals surface area contributed by atoms with Crippen molar-refractivity contribution in [3.05, 3.63) is 29.8 Å². The molecule has 1 aromatic heterocycles. The van der Waals surface area contributed by atoms with Gasteiger partial charge in [0.05, 0.1) is 20.3 Å². The third kappa shape index (κ3) is 3.11. The van der Waals surface area contributed by atoms with Crippen LogP contribution in [0.4, 0.5) is 0 Å². The van der Waals surface area contributed by atoms with Crippen molar-refractivity contribution in [3.8, 4) is 29.3 Å². The molecule has 0 spiro atoms. The number of aromatic nitrogens is 2. The van der Waals surface area contributed by atoms with Crippen LogP contribution in [0.5, 0.6) is 29.3 Å². The molecule has 1 heterocycles. The van der Waals surface area contributed by atoms with Crippen molar-refractivity contribution in [2.75, 3.05) is 14.2 Å². The minimum atomic E-state index is -1.28. The van der Waals surface area contributed by atoms with E-state index in [-0.39, 0.29) is 29.1 Å². The molecule has 2 rings (SSSR count). The Kier molecular flexibility index (Phi) is 4.07. The van der Waals surface area contributed by atoms with Crippen LogP contribution in [0.25, 0.3) is 0 Å². The van der Waals surface area contributed by atoms with Crippen LogP contribution in [0.15, 0.2) is 24.3 Å². The molecule has 0 aliphatic heterocycles. The number of carboxylic acid groups (broad SMARTS) is 1. The van der Waals surface area contributed by atoms with Gasteiger partial charge in [0.1, 0.15) is 5.56 Å². The Balaban J connectivity index is 2.38. The zero-order valence-corrected chi connectivity index (χ0v) is 11.2. The lowest BCUT2D eigenvalue weighted by atomic mass is 10.2. The minimum Gasteiger partial charge on any atom is -0.504 e. The van der Waals surface area contributed by atoms with Gasteiger partial charge in [-0.15, -0.1) is 0 Å². The van der Waals surface area contributed by atoms with E-state index in [2.05, 4.69) is 9.97 Å². The molecule has 0 amide bonds. The first kappa shape index (κ1) is 14.4. The lowest BCUT2D eigenvalue weighted by molar-refractivity contribution is 0.0693. The summed E-state index contributed by atoms with van der Waals surface area (Å²) in [6, 6.07) is 5.36. The number of benzene rings is 1. The van der Waals surface area contributed by atoms with E-state index in [1.54, 1.807) is 0 Å². The lowest BCUT2D eigenvalue weighted by Crippen LogP contribution is -2.00. The van der Waals surface area contributed by atoms with E-state index in [1.165, 1.54) is 38.5 Å². The summed E-state index contributed by atoms with van der Waals surface area (Å²) in [5, 5.41) is 18.8. The zero-order chi connectivity index (χ0) is 15.4. The number of hydrogen-bond acceptors (Lipinski definition) is 7. The highest BCUT2D eigenvalue weighted by molar-refractivity contribution is 5.91. The number of nitrogens with zero attached hydrogens (tertiary/aromatic N) is 2. The number of aromatic hydroxyl groups is 1. The van der Waals surface area contributed by atoms with Crippen LogP contribution < -0.4 is 14.2 Å². The number of phenols is 1. The molecule has 110 valence electrons. The molecule has 8 nitrogen and oxygen atoms in total. The minimum absolute atomic E-state index is 0.0924. The molecular formula is C13H12N2O6. The number of hydrogen-bond donors (Lipinski definition) is 2. The molecule has 0 fully saturated rings. The van der Waals surface area contributed by atoms with Crippen molar-refractivity contribution in [2.45, 2.75) is 0 Å². The number of carbonyl (C=O) groups is 1. The molecule has 21 heavy (non-hydrogen) atoms. The van der Waals surface area contributed by atoms with Gasteiger partial charge in [0.2, 0.25) is 11.8 Å². The first-order valence-corrected chi connectivity index (χ1v) is 5.75. The summed E-state index contributed by atoms with van der Waals surface area (Å²) in [4.78, 5) is 18.8. The van der Waals surface area contributed by atoms with Crippen LogP contribution in [0.2, 0.25) is 0 Å². The van der Waals surface area contributed by atoms with Crippen LogP contribution in [0.1, 0.15) is 10.4 Å². The van der Waals surface area contributed by atoms with Gasteiger partial charge in [-0.05, 0) is 12.1 Å². The molecular weight excluding hydrogens is 280 g/mol. The van der Waals surface area contributed by atoms with Gasteiger partial charge in [0, 0.05) is 0 Å². The zero-order valence-electron chi connectivity index (χ0n) is 11.2. The monoisotopic (exact) mass is 292 g/mol. The molecule has 1 aromatic carbocycles. The highest BCUT2D eigenvalue weighted by Gasteiger charge is 2.16. The molecule has 0 saturated carbocycles. The summed E-state index contributed by atoms with van der Waals surface area (Å²) in [5.74, 6) is -1.49. The fourth-order valence-corrected chi connectivity index (χ4v) is 1.51. The second-order valence-corrected chi connectivity index (χ2v) is 3.79. The van der Waals surface area contributed by atoms with Crippen molar-refractivity contribution >= 4 is 5.97 Å². The van der Waals surface area contributed by atoms with Gasteiger partial charge in [0.25, 0.3) is 0 Å². The Hall–Kier alpha value is -3.03. The maximum atomic E-state index is 10.9. The third-order valence-corrected chi connectivity index (χ3v) is 2.51. The molecule has 0 unspecified atom stereocenters. The summed E-state index contributed by atoms with van der Waals surface area (Å²) in [7, 11) is 2.82. The molecule has 0 aliphatic carbocycles. The number of carboxylic acids is 1. The van der Waals surface area contributed by atoms with Crippen molar-refractivity contribution in [2.24, 2.45) is 0 Å². The predicted octanol–water partition coefficient (Wildman–Crippen LogP) is 1.69. The van der Waals surface area contributed by atoms with Crippen LogP contribution in [-0.4, -0.2) is 40.4 Å². The average Bonchev–Trinajstić information content (AvgIpc) is 2.48. The number of rotatable bonds is 5. The van der Waals surface area contributed by atoms with E-state index >= 15 is 0 Å². The predicted molar refractivity (Wildman–Crippen MR) is 70.3 cm³/mol. The maximum absolute atomic E-state index is 10.9. The Morgan fingerprint density at radius 3 is 2.29 bits per heavy atom. The average molecular weight is 292 g/mol. The van der Waals surface area contributed by atoms with Crippen LogP contribution in [-0.2, 0) is 0 Å². The number of para-hydroxylation sites is 1. The van der Waals surface area contributed by atoms with E-state index in [0.717, 1.165) is 0 Å². The SMILES string of the molecule is COc1cc(OC)nc(Oc2cccc(C(=O)O)c2O)n1. The van der Waals surface area contributed by atoms with Crippen LogP contribution >= 0.6 is 0 Å². The van der Waals surface area contributed by atoms with Gasteiger partial charge < -0.3 is 24.4 Å². The van der Waals surface area contributed by atoms with Gasteiger partial charge in [-0.2, -0.15) is 9.97 Å². The van der Waals surface area contributed by atoms with Gasteiger partial charge in [-0.25, -0.2) is 4.79 Å². The molecule has 0 aliphatic rings. The topological polar surface area (TPSA) is 111 Å². The van der Waals surface area contributed by atoms with Crippen molar-refractivity contribution in [1.29, 1.82) is 0 Å². The van der Waals surface area contributed by atoms with Gasteiger partial charge in [0.15, 0.2) is 11.5 Å². The molecule has 8 heteroatoms. The third-order valence-electron chi connectivity index (χ3n) is 2.51. The Labute approximate surface area is 119 Å². The first-order valence-electron chi connectivity index (χ1n) is 5.75. The molecule has 2 aromatic rings. The summed E-state index contributed by atoms with van der Waals surface area (Å²) in [6.45, 7) is 0. The number of methoxy groups -OCH3 is 2. The second kappa shape index (κ2) is 5.95. The van der Waals surface area contributed by atoms with Crippen LogP contribution in [0, 0.1) is 0 Å². The molecule has 0 saturated heterocycles. The highest BCUT2D eigenvalue weighted by Crippen LogP contribution is 2.33. The van der Waals surface area contributed by atoms with Crippen molar-refractivity contribution in [1.82, 2.24) is 9.97 Å². The van der Waals surface area contributed by atoms with E-state index < -0.39 is 11.7 Å². The van der Waals surface area contributed by atoms with Gasteiger partial charge in [-0.1, -0.05) is 6.07 Å².